The van der Waals surface area contributed by atoms with E-state index in [2.05, 4.69) is 9.97 Å². The first-order valence-corrected chi connectivity index (χ1v) is 6.42. The van der Waals surface area contributed by atoms with Crippen molar-refractivity contribution in [1.29, 1.82) is 0 Å². The summed E-state index contributed by atoms with van der Waals surface area (Å²) < 4.78 is 10.8. The summed E-state index contributed by atoms with van der Waals surface area (Å²) in [6.07, 6.45) is 3.57. The fourth-order valence-electron chi connectivity index (χ4n) is 1.89. The number of esters is 1. The van der Waals surface area contributed by atoms with Crippen LogP contribution in [0.5, 0.6) is 17.4 Å². The quantitative estimate of drug-likeness (QED) is 0.678. The molecule has 1 aromatic heterocycles. The number of ether oxygens (including phenoxy) is 2. The van der Waals surface area contributed by atoms with Gasteiger partial charge in [0.05, 0.1) is 17.5 Å². The molecular formula is C14H14N2O4. The number of nitrogens with zero attached hydrogens (tertiary/aromatic N) is 2. The summed E-state index contributed by atoms with van der Waals surface area (Å²) in [6.45, 7) is 1.90. The maximum Gasteiger partial charge on any atom is 0.308 e. The van der Waals surface area contributed by atoms with Crippen LogP contribution in [0.1, 0.15) is 19.8 Å². The van der Waals surface area contributed by atoms with Gasteiger partial charge in [0.15, 0.2) is 11.5 Å². The van der Waals surface area contributed by atoms with Crippen molar-refractivity contribution in [2.24, 2.45) is 5.92 Å². The molecule has 6 nitrogen and oxygen atoms in total. The van der Waals surface area contributed by atoms with E-state index in [0.717, 1.165) is 12.8 Å². The van der Waals surface area contributed by atoms with E-state index in [1.54, 1.807) is 12.1 Å². The zero-order valence-electron chi connectivity index (χ0n) is 11.0. The highest BCUT2D eigenvalue weighted by Gasteiger charge is 2.23. The molecule has 0 saturated heterocycles. The first kappa shape index (κ1) is 12.7. The molecule has 0 radical (unpaired) electrons. The van der Waals surface area contributed by atoms with Crippen LogP contribution in [0.4, 0.5) is 0 Å². The Hall–Kier alpha value is -2.37. The van der Waals surface area contributed by atoms with Crippen LogP contribution in [0, 0.1) is 5.92 Å². The van der Waals surface area contributed by atoms with E-state index < -0.39 is 5.97 Å². The summed E-state index contributed by atoms with van der Waals surface area (Å²) in [5.41, 5.74) is 0.493. The van der Waals surface area contributed by atoms with Gasteiger partial charge in [-0.25, -0.2) is 9.97 Å². The lowest BCUT2D eigenvalue weighted by molar-refractivity contribution is -0.132. The van der Waals surface area contributed by atoms with Crippen LogP contribution in [0.2, 0.25) is 0 Å². The van der Waals surface area contributed by atoms with E-state index in [-0.39, 0.29) is 5.88 Å². The van der Waals surface area contributed by atoms with Gasteiger partial charge in [-0.1, -0.05) is 0 Å². The van der Waals surface area contributed by atoms with Crippen LogP contribution in [0.15, 0.2) is 18.5 Å². The third-order valence-corrected chi connectivity index (χ3v) is 3.10. The lowest BCUT2D eigenvalue weighted by Crippen LogP contribution is -2.06. The highest BCUT2D eigenvalue weighted by Crippen LogP contribution is 2.36. The molecule has 0 spiro atoms. The summed E-state index contributed by atoms with van der Waals surface area (Å²) in [5, 5.41) is 10.2. The van der Waals surface area contributed by atoms with Gasteiger partial charge in [-0.05, 0) is 24.8 Å². The highest BCUT2D eigenvalue weighted by molar-refractivity contribution is 5.87. The minimum absolute atomic E-state index is 0.124. The van der Waals surface area contributed by atoms with Crippen molar-refractivity contribution in [2.45, 2.75) is 19.8 Å². The molecule has 0 bridgehead atoms. The summed E-state index contributed by atoms with van der Waals surface area (Å²) in [6, 6.07) is 3.17. The highest BCUT2D eigenvalue weighted by atomic mass is 16.6. The maximum atomic E-state index is 11.2. The van der Waals surface area contributed by atoms with Crippen LogP contribution < -0.4 is 9.47 Å². The Balaban J connectivity index is 2.01. The lowest BCUT2D eigenvalue weighted by Gasteiger charge is -2.12. The smallest absolute Gasteiger partial charge is 0.308 e. The molecule has 20 heavy (non-hydrogen) atoms. The molecule has 0 unspecified atom stereocenters. The van der Waals surface area contributed by atoms with Crippen molar-refractivity contribution in [3.8, 4) is 17.4 Å². The van der Waals surface area contributed by atoms with Gasteiger partial charge in [-0.3, -0.25) is 4.79 Å². The number of hydrogen-bond donors (Lipinski definition) is 1. The number of carbonyl (C=O) groups excluding carboxylic acids is 1. The Morgan fingerprint density at radius 3 is 2.85 bits per heavy atom. The van der Waals surface area contributed by atoms with Crippen LogP contribution in [0.25, 0.3) is 10.9 Å². The summed E-state index contributed by atoms with van der Waals surface area (Å²) >= 11 is 0. The van der Waals surface area contributed by atoms with Crippen molar-refractivity contribution >= 4 is 16.9 Å². The average Bonchev–Trinajstić information content (AvgIpc) is 3.20. The van der Waals surface area contributed by atoms with E-state index in [0.29, 0.717) is 34.9 Å². The maximum absolute atomic E-state index is 11.2. The molecule has 0 amide bonds. The minimum atomic E-state index is -0.432. The van der Waals surface area contributed by atoms with Gasteiger partial charge in [-0.2, -0.15) is 0 Å². The third-order valence-electron chi connectivity index (χ3n) is 3.10. The van der Waals surface area contributed by atoms with Gasteiger partial charge in [-0.15, -0.1) is 0 Å². The van der Waals surface area contributed by atoms with Gasteiger partial charge in [0.25, 0.3) is 0 Å². The predicted octanol–water partition coefficient (Wildman–Crippen LogP) is 2.05. The van der Waals surface area contributed by atoms with E-state index in [4.69, 9.17) is 9.47 Å². The molecule has 1 aliphatic rings. The zero-order valence-corrected chi connectivity index (χ0v) is 11.0. The second kappa shape index (κ2) is 4.96. The topological polar surface area (TPSA) is 81.5 Å². The molecule has 104 valence electrons. The minimum Gasteiger partial charge on any atom is -0.493 e. The number of carbonyl (C=O) groups is 1. The van der Waals surface area contributed by atoms with Crippen LogP contribution in [-0.4, -0.2) is 27.7 Å². The number of rotatable bonds is 4. The first-order valence-electron chi connectivity index (χ1n) is 6.42. The molecular weight excluding hydrogens is 260 g/mol. The van der Waals surface area contributed by atoms with Crippen molar-refractivity contribution in [2.75, 3.05) is 6.61 Å². The van der Waals surface area contributed by atoms with E-state index in [1.807, 2.05) is 0 Å². The monoisotopic (exact) mass is 274 g/mol. The molecule has 0 aliphatic heterocycles. The van der Waals surface area contributed by atoms with Gasteiger partial charge < -0.3 is 14.6 Å². The number of fused-ring (bicyclic) bond motifs is 1. The second-order valence-electron chi connectivity index (χ2n) is 4.86. The lowest BCUT2D eigenvalue weighted by atomic mass is 10.2. The fourth-order valence-corrected chi connectivity index (χ4v) is 1.89. The molecule has 3 rings (SSSR count). The number of hydrogen-bond acceptors (Lipinski definition) is 6. The van der Waals surface area contributed by atoms with Gasteiger partial charge in [0.1, 0.15) is 6.33 Å². The van der Waals surface area contributed by atoms with E-state index >= 15 is 0 Å². The molecule has 6 heteroatoms. The summed E-state index contributed by atoms with van der Waals surface area (Å²) in [4.78, 5) is 18.9. The predicted molar refractivity (Wildman–Crippen MR) is 70.7 cm³/mol. The van der Waals surface area contributed by atoms with Gasteiger partial charge >= 0.3 is 5.97 Å². The molecule has 1 aromatic carbocycles. The molecule has 2 aromatic rings. The van der Waals surface area contributed by atoms with Crippen molar-refractivity contribution < 1.29 is 19.4 Å². The molecule has 0 atom stereocenters. The number of benzene rings is 1. The molecule has 1 N–H and O–H groups in total. The van der Waals surface area contributed by atoms with E-state index in [1.165, 1.54) is 13.3 Å². The number of aromatic nitrogens is 2. The molecule has 1 fully saturated rings. The van der Waals surface area contributed by atoms with Crippen molar-refractivity contribution in [1.82, 2.24) is 9.97 Å². The first-order chi connectivity index (χ1) is 9.63. The van der Waals surface area contributed by atoms with Gasteiger partial charge in [0.2, 0.25) is 5.88 Å². The zero-order chi connectivity index (χ0) is 14.1. The second-order valence-corrected chi connectivity index (χ2v) is 4.86. The average molecular weight is 274 g/mol. The largest absolute Gasteiger partial charge is 0.493 e. The van der Waals surface area contributed by atoms with Crippen LogP contribution in [0.3, 0.4) is 0 Å². The SMILES string of the molecule is CC(=O)Oc1cc2ncnc(O)c2cc1OCC1CC1. The Labute approximate surface area is 115 Å². The number of aromatic hydroxyl groups is 1. The normalized spacial score (nSPS) is 14.2. The Morgan fingerprint density at radius 1 is 1.35 bits per heavy atom. The molecule has 1 saturated carbocycles. The Kier molecular flexibility index (Phi) is 3.14. The van der Waals surface area contributed by atoms with E-state index in [9.17, 15) is 9.90 Å². The summed E-state index contributed by atoms with van der Waals surface area (Å²) in [7, 11) is 0. The standard InChI is InChI=1S/C14H14N2O4/c1-8(17)20-13-5-11-10(14(18)16-7-15-11)4-12(13)19-6-9-2-3-9/h4-5,7,9H,2-3,6H2,1H3,(H,15,16,18). The van der Waals surface area contributed by atoms with Crippen molar-refractivity contribution in [3.05, 3.63) is 18.5 Å². The van der Waals surface area contributed by atoms with Gasteiger partial charge in [0, 0.05) is 13.0 Å². The van der Waals surface area contributed by atoms with Crippen LogP contribution >= 0.6 is 0 Å². The van der Waals surface area contributed by atoms with Crippen LogP contribution in [-0.2, 0) is 4.79 Å². The third kappa shape index (κ3) is 2.64. The Bertz CT molecular complexity index is 668. The summed E-state index contributed by atoms with van der Waals surface area (Å²) in [5.74, 6) is 0.740. The molecule has 1 heterocycles. The fraction of sp³-hybridized carbons (Fsp3) is 0.357. The van der Waals surface area contributed by atoms with Crippen molar-refractivity contribution in [3.63, 3.8) is 0 Å². The Morgan fingerprint density at radius 2 is 2.15 bits per heavy atom. The molecule has 1 aliphatic carbocycles.